The fourth-order valence-electron chi connectivity index (χ4n) is 2.87. The third-order valence-electron chi connectivity index (χ3n) is 3.88. The molecule has 0 bridgehead atoms. The van der Waals surface area contributed by atoms with E-state index in [0.717, 1.165) is 36.8 Å². The van der Waals surface area contributed by atoms with E-state index in [4.69, 9.17) is 4.74 Å². The van der Waals surface area contributed by atoms with E-state index in [1.165, 1.54) is 7.11 Å². The molecule has 0 radical (unpaired) electrons. The minimum absolute atomic E-state index is 0.282. The minimum atomic E-state index is -1.40. The summed E-state index contributed by atoms with van der Waals surface area (Å²) in [6, 6.07) is 2.29. The number of aliphatic hydroxyl groups is 1. The third-order valence-corrected chi connectivity index (χ3v) is 3.88. The van der Waals surface area contributed by atoms with Gasteiger partial charge in [-0.1, -0.05) is 6.07 Å². The Kier molecular flexibility index (Phi) is 4.80. The first kappa shape index (κ1) is 15.3. The SMILES string of the molecule is COc1ccc2c(c1C(O)[C@H](NC=O)C(=O)O)CCCC2. The fourth-order valence-corrected chi connectivity index (χ4v) is 2.87. The lowest BCUT2D eigenvalue weighted by Crippen LogP contribution is -2.41. The van der Waals surface area contributed by atoms with Crippen LogP contribution in [0.3, 0.4) is 0 Å². The van der Waals surface area contributed by atoms with E-state index < -0.39 is 18.1 Å². The van der Waals surface area contributed by atoms with Gasteiger partial charge in [0.2, 0.25) is 6.41 Å². The summed E-state index contributed by atoms with van der Waals surface area (Å²) >= 11 is 0. The molecule has 1 aromatic carbocycles. The van der Waals surface area contributed by atoms with Gasteiger partial charge in [0.1, 0.15) is 11.9 Å². The number of ether oxygens (including phenoxy) is 1. The molecule has 0 heterocycles. The number of carboxylic acid groups (broad SMARTS) is 1. The van der Waals surface area contributed by atoms with Crippen molar-refractivity contribution in [1.29, 1.82) is 0 Å². The van der Waals surface area contributed by atoms with Crippen molar-refractivity contribution < 1.29 is 24.5 Å². The van der Waals surface area contributed by atoms with Crippen molar-refractivity contribution in [2.24, 2.45) is 0 Å². The molecule has 2 rings (SSSR count). The highest BCUT2D eigenvalue weighted by Crippen LogP contribution is 2.36. The molecule has 0 saturated carbocycles. The van der Waals surface area contributed by atoms with Gasteiger partial charge in [0, 0.05) is 5.56 Å². The summed E-state index contributed by atoms with van der Waals surface area (Å²) in [5, 5.41) is 21.8. The summed E-state index contributed by atoms with van der Waals surface area (Å²) in [5.41, 5.74) is 2.51. The van der Waals surface area contributed by atoms with Gasteiger partial charge in [0.25, 0.3) is 0 Å². The number of carbonyl (C=O) groups excluding carboxylic acids is 1. The van der Waals surface area contributed by atoms with Gasteiger partial charge in [-0.15, -0.1) is 0 Å². The Hall–Kier alpha value is -2.08. The van der Waals surface area contributed by atoms with Crippen molar-refractivity contribution in [3.05, 3.63) is 28.8 Å². The molecular weight excluding hydrogens is 274 g/mol. The number of carbonyl (C=O) groups is 2. The Bertz CT molecular complexity index is 543. The number of aliphatic hydroxyl groups excluding tert-OH is 1. The Balaban J connectivity index is 2.49. The molecule has 0 saturated heterocycles. The van der Waals surface area contributed by atoms with Gasteiger partial charge in [0.15, 0.2) is 6.04 Å². The second-order valence-electron chi connectivity index (χ2n) is 5.07. The Morgan fingerprint density at radius 1 is 1.38 bits per heavy atom. The first-order valence-corrected chi connectivity index (χ1v) is 6.89. The maximum atomic E-state index is 11.2. The highest BCUT2D eigenvalue weighted by atomic mass is 16.5. The number of aryl methyl sites for hydroxylation is 1. The summed E-state index contributed by atoms with van der Waals surface area (Å²) < 4.78 is 5.27. The number of hydrogen-bond acceptors (Lipinski definition) is 4. The molecule has 1 aliphatic carbocycles. The maximum Gasteiger partial charge on any atom is 0.329 e. The smallest absolute Gasteiger partial charge is 0.329 e. The average Bonchev–Trinajstić information content (AvgIpc) is 2.50. The van der Waals surface area contributed by atoms with Gasteiger partial charge in [0.05, 0.1) is 7.11 Å². The molecule has 0 aliphatic heterocycles. The number of methoxy groups -OCH3 is 1. The maximum absolute atomic E-state index is 11.2. The van der Waals surface area contributed by atoms with Crippen LogP contribution in [0.15, 0.2) is 12.1 Å². The van der Waals surface area contributed by atoms with Crippen LogP contribution < -0.4 is 10.1 Å². The van der Waals surface area contributed by atoms with Crippen LogP contribution in [0.25, 0.3) is 0 Å². The van der Waals surface area contributed by atoms with Gasteiger partial charge < -0.3 is 20.3 Å². The molecule has 3 N–H and O–H groups in total. The summed E-state index contributed by atoms with van der Waals surface area (Å²) in [7, 11) is 1.48. The summed E-state index contributed by atoms with van der Waals surface area (Å²) in [5.74, 6) is -0.841. The first-order valence-electron chi connectivity index (χ1n) is 6.89. The molecule has 0 aromatic heterocycles. The monoisotopic (exact) mass is 293 g/mol. The largest absolute Gasteiger partial charge is 0.496 e. The zero-order valence-corrected chi connectivity index (χ0v) is 11.8. The lowest BCUT2D eigenvalue weighted by molar-refractivity contribution is -0.143. The highest BCUT2D eigenvalue weighted by molar-refractivity contribution is 5.77. The Labute approximate surface area is 122 Å². The van der Waals surface area contributed by atoms with Crippen molar-refractivity contribution in [3.8, 4) is 5.75 Å². The van der Waals surface area contributed by atoms with Crippen LogP contribution in [0.5, 0.6) is 5.75 Å². The van der Waals surface area contributed by atoms with Gasteiger partial charge in [-0.05, 0) is 42.9 Å². The number of carboxylic acids is 1. The topological polar surface area (TPSA) is 95.9 Å². The zero-order chi connectivity index (χ0) is 15.4. The summed E-state index contributed by atoms with van der Waals surface area (Å²) in [6.45, 7) is 0. The third kappa shape index (κ3) is 3.00. The number of fused-ring (bicyclic) bond motifs is 1. The van der Waals surface area contributed by atoms with E-state index in [9.17, 15) is 19.8 Å². The molecule has 1 unspecified atom stereocenters. The van der Waals surface area contributed by atoms with Gasteiger partial charge in [-0.3, -0.25) is 4.79 Å². The van der Waals surface area contributed by atoms with Crippen molar-refractivity contribution in [3.63, 3.8) is 0 Å². The van der Waals surface area contributed by atoms with Crippen LogP contribution in [0.2, 0.25) is 0 Å². The summed E-state index contributed by atoms with van der Waals surface area (Å²) in [6.07, 6.45) is 2.66. The number of hydrogen-bond donors (Lipinski definition) is 3. The molecule has 6 heteroatoms. The van der Waals surface area contributed by atoms with Crippen LogP contribution >= 0.6 is 0 Å². The highest BCUT2D eigenvalue weighted by Gasteiger charge is 2.32. The molecule has 1 aliphatic rings. The second-order valence-corrected chi connectivity index (χ2v) is 5.07. The Morgan fingerprint density at radius 3 is 2.71 bits per heavy atom. The zero-order valence-electron chi connectivity index (χ0n) is 11.8. The molecule has 6 nitrogen and oxygen atoms in total. The normalized spacial score (nSPS) is 16.5. The van der Waals surface area contributed by atoms with Gasteiger partial charge in [-0.25, -0.2) is 4.79 Å². The van der Waals surface area contributed by atoms with Crippen LogP contribution in [-0.4, -0.2) is 35.7 Å². The number of rotatable bonds is 6. The molecule has 21 heavy (non-hydrogen) atoms. The molecule has 0 spiro atoms. The van der Waals surface area contributed by atoms with E-state index in [1.54, 1.807) is 6.07 Å². The van der Waals surface area contributed by atoms with Gasteiger partial charge in [-0.2, -0.15) is 0 Å². The second kappa shape index (κ2) is 6.58. The van der Waals surface area contributed by atoms with Crippen LogP contribution in [0, 0.1) is 0 Å². The predicted octanol–water partition coefficient (Wildman–Crippen LogP) is 0.807. The number of benzene rings is 1. The van der Waals surface area contributed by atoms with E-state index in [2.05, 4.69) is 5.32 Å². The summed E-state index contributed by atoms with van der Waals surface area (Å²) in [4.78, 5) is 21.8. The van der Waals surface area contributed by atoms with E-state index in [-0.39, 0.29) is 6.41 Å². The van der Waals surface area contributed by atoms with Crippen molar-refractivity contribution in [1.82, 2.24) is 5.32 Å². The predicted molar refractivity (Wildman–Crippen MR) is 75.2 cm³/mol. The number of nitrogens with one attached hydrogen (secondary N) is 1. The van der Waals surface area contributed by atoms with Crippen molar-refractivity contribution >= 4 is 12.4 Å². The van der Waals surface area contributed by atoms with E-state index in [1.807, 2.05) is 6.07 Å². The van der Waals surface area contributed by atoms with E-state index >= 15 is 0 Å². The van der Waals surface area contributed by atoms with Crippen LogP contribution in [-0.2, 0) is 22.4 Å². The number of aliphatic carboxylic acids is 1. The molecule has 1 aromatic rings. The quantitative estimate of drug-likeness (QED) is 0.674. The van der Waals surface area contributed by atoms with Gasteiger partial charge >= 0.3 is 5.97 Å². The molecule has 0 fully saturated rings. The Morgan fingerprint density at radius 2 is 2.10 bits per heavy atom. The van der Waals surface area contributed by atoms with Crippen LogP contribution in [0.4, 0.5) is 0 Å². The average molecular weight is 293 g/mol. The lowest BCUT2D eigenvalue weighted by atomic mass is 9.84. The standard InChI is InChI=1S/C15H19NO5/c1-21-11-7-6-9-4-2-3-5-10(9)12(11)14(18)13(15(19)20)16-8-17/h6-8,13-14,18H,2-5H2,1H3,(H,16,17)(H,19,20)/t13-,14?/m0/s1. The first-order chi connectivity index (χ1) is 10.1. The van der Waals surface area contributed by atoms with E-state index in [0.29, 0.717) is 11.3 Å². The minimum Gasteiger partial charge on any atom is -0.496 e. The molecule has 2 atom stereocenters. The fraction of sp³-hybridized carbons (Fsp3) is 0.467. The molecule has 114 valence electrons. The van der Waals surface area contributed by atoms with Crippen molar-refractivity contribution in [2.45, 2.75) is 37.8 Å². The molecular formula is C15H19NO5. The molecule has 1 amide bonds. The van der Waals surface area contributed by atoms with Crippen molar-refractivity contribution in [2.75, 3.05) is 7.11 Å². The number of amides is 1. The van der Waals surface area contributed by atoms with Crippen LogP contribution in [0.1, 0.15) is 35.6 Å². The lowest BCUT2D eigenvalue weighted by Gasteiger charge is -2.27.